The summed E-state index contributed by atoms with van der Waals surface area (Å²) in [6.07, 6.45) is -0.651. The topological polar surface area (TPSA) is 20.2 Å². The molecule has 0 saturated carbocycles. The van der Waals surface area contributed by atoms with Gasteiger partial charge in [-0.15, -0.1) is 0 Å². The molecule has 0 fully saturated rings. The fraction of sp³-hybridized carbons (Fsp3) is 0.250. The normalized spacial score (nSPS) is 13.1. The van der Waals surface area contributed by atoms with E-state index in [1.807, 2.05) is 0 Å². The van der Waals surface area contributed by atoms with Crippen LogP contribution in [-0.2, 0) is 0 Å². The molecule has 1 aromatic carbocycles. The molecular weight excluding hydrogens is 167 g/mol. The van der Waals surface area contributed by atoms with Crippen LogP contribution in [0.2, 0.25) is 5.02 Å². The van der Waals surface area contributed by atoms with Crippen molar-refractivity contribution < 1.29 is 9.50 Å². The summed E-state index contributed by atoms with van der Waals surface area (Å²) in [6, 6.07) is 4.25. The first-order valence-electron chi connectivity index (χ1n) is 3.24. The summed E-state index contributed by atoms with van der Waals surface area (Å²) >= 11 is 5.43. The van der Waals surface area contributed by atoms with Crippen LogP contribution in [0.15, 0.2) is 18.2 Å². The van der Waals surface area contributed by atoms with Gasteiger partial charge in [-0.1, -0.05) is 17.7 Å². The molecule has 0 aliphatic heterocycles. The number of hydrogen-bond acceptors (Lipinski definition) is 1. The molecular formula is C8H8ClFO. The van der Waals surface area contributed by atoms with E-state index in [1.165, 1.54) is 12.1 Å². The lowest BCUT2D eigenvalue weighted by atomic mass is 10.1. The van der Waals surface area contributed by atoms with Crippen molar-refractivity contribution in [1.82, 2.24) is 0 Å². The van der Waals surface area contributed by atoms with Gasteiger partial charge in [0.15, 0.2) is 0 Å². The third-order valence-corrected chi connectivity index (χ3v) is 1.73. The molecule has 1 atom stereocenters. The molecule has 0 heterocycles. The lowest BCUT2D eigenvalue weighted by Crippen LogP contribution is -1.91. The number of aliphatic hydroxyl groups is 1. The second kappa shape index (κ2) is 3.20. The van der Waals surface area contributed by atoms with Gasteiger partial charge in [0.25, 0.3) is 0 Å². The average Bonchev–Trinajstić information content (AvgIpc) is 1.94. The Labute approximate surface area is 69.4 Å². The molecule has 0 aliphatic rings. The Balaban J connectivity index is 3.05. The van der Waals surface area contributed by atoms with E-state index in [2.05, 4.69) is 0 Å². The van der Waals surface area contributed by atoms with Crippen molar-refractivity contribution in [2.24, 2.45) is 0 Å². The van der Waals surface area contributed by atoms with Crippen LogP contribution in [-0.4, -0.2) is 5.11 Å². The third-order valence-electron chi connectivity index (χ3n) is 1.43. The van der Waals surface area contributed by atoms with E-state index in [9.17, 15) is 4.39 Å². The van der Waals surface area contributed by atoms with Crippen LogP contribution in [0, 0.1) is 5.82 Å². The highest BCUT2D eigenvalue weighted by Gasteiger charge is 2.04. The Hall–Kier alpha value is -0.600. The summed E-state index contributed by atoms with van der Waals surface area (Å²) in [5, 5.41) is 9.11. The molecule has 60 valence electrons. The van der Waals surface area contributed by atoms with Crippen molar-refractivity contribution in [3.63, 3.8) is 0 Å². The van der Waals surface area contributed by atoms with E-state index in [4.69, 9.17) is 16.7 Å². The first-order valence-corrected chi connectivity index (χ1v) is 3.62. The van der Waals surface area contributed by atoms with E-state index in [1.54, 1.807) is 13.0 Å². The molecule has 1 nitrogen and oxygen atoms in total. The first kappa shape index (κ1) is 8.50. The van der Waals surface area contributed by atoms with Gasteiger partial charge in [-0.05, 0) is 24.6 Å². The van der Waals surface area contributed by atoms with Crippen LogP contribution in [0.25, 0.3) is 0 Å². The van der Waals surface area contributed by atoms with Crippen LogP contribution in [0.1, 0.15) is 18.6 Å². The molecule has 1 rings (SSSR count). The minimum atomic E-state index is -0.651. The summed E-state index contributed by atoms with van der Waals surface area (Å²) in [5.41, 5.74) is 0.534. The number of hydrogen-bond donors (Lipinski definition) is 1. The van der Waals surface area contributed by atoms with Crippen molar-refractivity contribution in [1.29, 1.82) is 0 Å². The van der Waals surface area contributed by atoms with Gasteiger partial charge in [-0.25, -0.2) is 4.39 Å². The molecule has 11 heavy (non-hydrogen) atoms. The largest absolute Gasteiger partial charge is 0.389 e. The maximum Gasteiger partial charge on any atom is 0.142 e. The highest BCUT2D eigenvalue weighted by Crippen LogP contribution is 2.19. The number of benzene rings is 1. The van der Waals surface area contributed by atoms with E-state index < -0.39 is 11.9 Å². The monoisotopic (exact) mass is 174 g/mol. The van der Waals surface area contributed by atoms with Crippen LogP contribution in [0.4, 0.5) is 4.39 Å². The highest BCUT2D eigenvalue weighted by atomic mass is 35.5. The van der Waals surface area contributed by atoms with Crippen molar-refractivity contribution in [3.8, 4) is 0 Å². The second-order valence-electron chi connectivity index (χ2n) is 2.35. The highest BCUT2D eigenvalue weighted by molar-refractivity contribution is 6.30. The van der Waals surface area contributed by atoms with E-state index in [0.29, 0.717) is 5.56 Å². The van der Waals surface area contributed by atoms with Crippen LogP contribution in [0.5, 0.6) is 0 Å². The molecule has 1 aromatic rings. The summed E-state index contributed by atoms with van der Waals surface area (Å²) < 4.78 is 12.7. The zero-order valence-electron chi connectivity index (χ0n) is 6.01. The van der Waals surface area contributed by atoms with E-state index >= 15 is 0 Å². The van der Waals surface area contributed by atoms with Crippen molar-refractivity contribution in [2.75, 3.05) is 0 Å². The van der Waals surface area contributed by atoms with Gasteiger partial charge >= 0.3 is 0 Å². The Kier molecular flexibility index (Phi) is 2.47. The molecule has 0 unspecified atom stereocenters. The van der Waals surface area contributed by atoms with Gasteiger partial charge in [-0.3, -0.25) is 0 Å². The molecule has 0 aromatic heterocycles. The molecule has 0 amide bonds. The van der Waals surface area contributed by atoms with Gasteiger partial charge in [0.05, 0.1) is 11.1 Å². The fourth-order valence-corrected chi connectivity index (χ4v) is 0.890. The standard InChI is InChI=1S/C8H8ClFO/c1-5(11)6-2-3-7(9)8(10)4-6/h2-5,11H,1H3/t5-/m1/s1. The summed E-state index contributed by atoms with van der Waals surface area (Å²) in [7, 11) is 0. The molecule has 3 heteroatoms. The van der Waals surface area contributed by atoms with E-state index in [0.717, 1.165) is 0 Å². The van der Waals surface area contributed by atoms with Gasteiger partial charge in [0, 0.05) is 0 Å². The number of halogens is 2. The second-order valence-corrected chi connectivity index (χ2v) is 2.76. The average molecular weight is 175 g/mol. The minimum absolute atomic E-state index is 0.0781. The summed E-state index contributed by atoms with van der Waals surface area (Å²) in [6.45, 7) is 1.57. The van der Waals surface area contributed by atoms with Gasteiger partial charge in [0.2, 0.25) is 0 Å². The quantitative estimate of drug-likeness (QED) is 0.694. The maximum atomic E-state index is 12.7. The Morgan fingerprint density at radius 1 is 1.55 bits per heavy atom. The van der Waals surface area contributed by atoms with Gasteiger partial charge < -0.3 is 5.11 Å². The molecule has 0 spiro atoms. The van der Waals surface area contributed by atoms with Crippen molar-refractivity contribution >= 4 is 11.6 Å². The zero-order valence-corrected chi connectivity index (χ0v) is 6.77. The van der Waals surface area contributed by atoms with Crippen LogP contribution < -0.4 is 0 Å². The summed E-state index contributed by atoms with van der Waals surface area (Å²) in [4.78, 5) is 0. The van der Waals surface area contributed by atoms with E-state index in [-0.39, 0.29) is 5.02 Å². The first-order chi connectivity index (χ1) is 5.11. The fourth-order valence-electron chi connectivity index (χ4n) is 0.772. The molecule has 0 bridgehead atoms. The summed E-state index contributed by atoms with van der Waals surface area (Å²) in [5.74, 6) is -0.495. The lowest BCUT2D eigenvalue weighted by molar-refractivity contribution is 0.199. The Bertz CT molecular complexity index is 260. The number of aliphatic hydroxyl groups excluding tert-OH is 1. The molecule has 0 saturated heterocycles. The molecule has 0 aliphatic carbocycles. The molecule has 0 radical (unpaired) electrons. The zero-order chi connectivity index (χ0) is 8.43. The SMILES string of the molecule is C[C@@H](O)c1ccc(Cl)c(F)c1. The predicted octanol–water partition coefficient (Wildman–Crippen LogP) is 2.53. The van der Waals surface area contributed by atoms with Crippen LogP contribution >= 0.6 is 11.6 Å². The maximum absolute atomic E-state index is 12.7. The number of rotatable bonds is 1. The lowest BCUT2D eigenvalue weighted by Gasteiger charge is -2.03. The minimum Gasteiger partial charge on any atom is -0.389 e. The van der Waals surface area contributed by atoms with Crippen molar-refractivity contribution in [3.05, 3.63) is 34.6 Å². The van der Waals surface area contributed by atoms with Crippen molar-refractivity contribution in [2.45, 2.75) is 13.0 Å². The smallest absolute Gasteiger partial charge is 0.142 e. The predicted molar refractivity (Wildman–Crippen MR) is 42.0 cm³/mol. The van der Waals surface area contributed by atoms with Gasteiger partial charge in [0.1, 0.15) is 5.82 Å². The van der Waals surface area contributed by atoms with Gasteiger partial charge in [-0.2, -0.15) is 0 Å². The Morgan fingerprint density at radius 3 is 2.64 bits per heavy atom. The third kappa shape index (κ3) is 1.91. The Morgan fingerprint density at radius 2 is 2.18 bits per heavy atom. The molecule has 1 N–H and O–H groups in total. The van der Waals surface area contributed by atoms with Crippen LogP contribution in [0.3, 0.4) is 0 Å².